The van der Waals surface area contributed by atoms with E-state index in [0.29, 0.717) is 11.5 Å². The van der Waals surface area contributed by atoms with Crippen molar-refractivity contribution in [3.63, 3.8) is 0 Å². The second-order valence-electron chi connectivity index (χ2n) is 7.93. The number of hydrogen-bond donors (Lipinski definition) is 1. The van der Waals surface area contributed by atoms with Gasteiger partial charge in [-0.05, 0) is 55.6 Å². The summed E-state index contributed by atoms with van der Waals surface area (Å²) < 4.78 is 28.5. The van der Waals surface area contributed by atoms with Crippen LogP contribution in [0.25, 0.3) is 0 Å². The van der Waals surface area contributed by atoms with Gasteiger partial charge in [0.05, 0.1) is 6.04 Å². The maximum absolute atomic E-state index is 14.6. The molecule has 2 aromatic rings. The molecule has 1 amide bonds. The zero-order chi connectivity index (χ0) is 19.4. The van der Waals surface area contributed by atoms with Gasteiger partial charge in [-0.15, -0.1) is 0 Å². The number of pyridine rings is 1. The summed E-state index contributed by atoms with van der Waals surface area (Å²) in [6.07, 6.45) is 3.44. The molecule has 1 aromatic heterocycles. The summed E-state index contributed by atoms with van der Waals surface area (Å²) in [5.74, 6) is -2.18. The molecule has 4 aliphatic rings. The van der Waals surface area contributed by atoms with E-state index in [1.54, 1.807) is 17.0 Å². The number of aromatic nitrogens is 1. The number of hydrogen-bond acceptors (Lipinski definition) is 4. The van der Waals surface area contributed by atoms with Crippen molar-refractivity contribution in [3.8, 4) is 5.75 Å². The van der Waals surface area contributed by atoms with Gasteiger partial charge in [-0.3, -0.25) is 9.69 Å². The lowest BCUT2D eigenvalue weighted by atomic mass is 9.75. The molecule has 4 saturated heterocycles. The van der Waals surface area contributed by atoms with Gasteiger partial charge in [0, 0.05) is 24.7 Å². The van der Waals surface area contributed by atoms with E-state index in [4.69, 9.17) is 0 Å². The van der Waals surface area contributed by atoms with Gasteiger partial charge >= 0.3 is 0 Å². The maximum Gasteiger partial charge on any atom is 0.276 e. The standard InChI is InChI=1S/C21H21F2N3O2/c22-15-4-1-3-13(17(15)23)14-11-26(21(28)18-16(27)5-2-8-24-18)19-12-6-9-25(10-7-12)20(14)19/h1-5,8,12,14,19-20,27H,6-7,9-11H2/t14-,19+,20+/m0/s1. The molecule has 1 N–H and O–H groups in total. The fraction of sp³-hybridized carbons (Fsp3) is 0.429. The molecule has 146 valence electrons. The van der Waals surface area contributed by atoms with Crippen LogP contribution >= 0.6 is 0 Å². The molecule has 0 saturated carbocycles. The van der Waals surface area contributed by atoms with Crippen LogP contribution < -0.4 is 0 Å². The summed E-state index contributed by atoms with van der Waals surface area (Å²) in [5, 5.41) is 10.1. The highest BCUT2D eigenvalue weighted by atomic mass is 19.2. The van der Waals surface area contributed by atoms with E-state index in [2.05, 4.69) is 9.88 Å². The SMILES string of the molecule is O=C(c1ncccc1O)N1C[C@@H](c2cccc(F)c2F)[C@@H]2[C@H]1C1CCN2CC1. The Morgan fingerprint density at radius 3 is 2.64 bits per heavy atom. The summed E-state index contributed by atoms with van der Waals surface area (Å²) in [6.45, 7) is 2.11. The molecule has 5 nitrogen and oxygen atoms in total. The number of nitrogens with zero attached hydrogens (tertiary/aromatic N) is 3. The molecule has 2 bridgehead atoms. The average molecular weight is 385 g/mol. The Labute approximate surface area is 161 Å². The monoisotopic (exact) mass is 385 g/mol. The molecule has 0 radical (unpaired) electrons. The van der Waals surface area contributed by atoms with Crippen LogP contribution in [0.5, 0.6) is 5.75 Å². The highest BCUT2D eigenvalue weighted by Gasteiger charge is 2.55. The second-order valence-corrected chi connectivity index (χ2v) is 7.93. The molecular formula is C21H21F2N3O2. The molecule has 3 atom stereocenters. The molecule has 6 rings (SSSR count). The van der Waals surface area contributed by atoms with Gasteiger partial charge in [-0.1, -0.05) is 12.1 Å². The molecule has 7 heteroatoms. The normalized spacial score (nSPS) is 31.1. The molecule has 0 spiro atoms. The van der Waals surface area contributed by atoms with Crippen LogP contribution in [0.3, 0.4) is 0 Å². The topological polar surface area (TPSA) is 56.7 Å². The Bertz CT molecular complexity index is 930. The third kappa shape index (κ3) is 2.53. The van der Waals surface area contributed by atoms with E-state index >= 15 is 0 Å². The van der Waals surface area contributed by atoms with Crippen molar-refractivity contribution >= 4 is 5.91 Å². The van der Waals surface area contributed by atoms with E-state index < -0.39 is 11.6 Å². The van der Waals surface area contributed by atoms with Gasteiger partial charge in [-0.25, -0.2) is 13.8 Å². The molecule has 5 heterocycles. The van der Waals surface area contributed by atoms with Gasteiger partial charge in [0.25, 0.3) is 5.91 Å². The fourth-order valence-electron chi connectivity index (χ4n) is 5.43. The Morgan fingerprint density at radius 1 is 1.11 bits per heavy atom. The van der Waals surface area contributed by atoms with Gasteiger partial charge in [0.1, 0.15) is 5.75 Å². The Morgan fingerprint density at radius 2 is 1.89 bits per heavy atom. The highest BCUT2D eigenvalue weighted by Crippen LogP contribution is 2.47. The van der Waals surface area contributed by atoms with Crippen molar-refractivity contribution in [2.24, 2.45) is 5.92 Å². The molecule has 4 aliphatic heterocycles. The molecule has 1 aromatic carbocycles. The number of fused-ring (bicyclic) bond motifs is 2. The van der Waals surface area contributed by atoms with Crippen molar-refractivity contribution in [1.82, 2.24) is 14.8 Å². The second kappa shape index (κ2) is 6.51. The van der Waals surface area contributed by atoms with Crippen LogP contribution in [-0.4, -0.2) is 57.5 Å². The number of carbonyl (C=O) groups is 1. The lowest BCUT2D eigenvalue weighted by Gasteiger charge is -2.51. The Balaban J connectivity index is 1.57. The van der Waals surface area contributed by atoms with E-state index in [-0.39, 0.29) is 41.9 Å². The molecule has 0 unspecified atom stereocenters. The first-order valence-electron chi connectivity index (χ1n) is 9.69. The number of carbonyl (C=O) groups excluding carboxylic acids is 1. The van der Waals surface area contributed by atoms with E-state index in [1.165, 1.54) is 18.3 Å². The molecule has 4 fully saturated rings. The summed E-state index contributed by atoms with van der Waals surface area (Å²) in [4.78, 5) is 21.4. The lowest BCUT2D eigenvalue weighted by molar-refractivity contribution is -0.00384. The number of likely N-dealkylation sites (tertiary alicyclic amines) is 1. The zero-order valence-corrected chi connectivity index (χ0v) is 15.3. The summed E-state index contributed by atoms with van der Waals surface area (Å²) in [7, 11) is 0. The van der Waals surface area contributed by atoms with Gasteiger partial charge in [0.2, 0.25) is 0 Å². The van der Waals surface area contributed by atoms with Crippen molar-refractivity contribution in [3.05, 3.63) is 59.4 Å². The number of piperidine rings is 3. The largest absolute Gasteiger partial charge is 0.505 e. The molecule has 28 heavy (non-hydrogen) atoms. The first-order chi connectivity index (χ1) is 13.6. The highest BCUT2D eigenvalue weighted by molar-refractivity contribution is 5.95. The first-order valence-corrected chi connectivity index (χ1v) is 9.69. The number of rotatable bonds is 2. The minimum Gasteiger partial charge on any atom is -0.505 e. The summed E-state index contributed by atoms with van der Waals surface area (Å²) in [6, 6.07) is 7.14. The third-order valence-electron chi connectivity index (χ3n) is 6.63. The number of halogens is 2. The maximum atomic E-state index is 14.6. The first kappa shape index (κ1) is 17.6. The zero-order valence-electron chi connectivity index (χ0n) is 15.3. The van der Waals surface area contributed by atoms with Gasteiger partial charge in [0.15, 0.2) is 17.3 Å². The lowest BCUT2D eigenvalue weighted by Crippen LogP contribution is -2.60. The van der Waals surface area contributed by atoms with E-state index in [1.807, 2.05) is 0 Å². The Hall–Kier alpha value is -2.54. The van der Waals surface area contributed by atoms with Gasteiger partial charge < -0.3 is 10.0 Å². The minimum atomic E-state index is -0.864. The van der Waals surface area contributed by atoms with Crippen LogP contribution in [0.15, 0.2) is 36.5 Å². The fourth-order valence-corrected chi connectivity index (χ4v) is 5.43. The van der Waals surface area contributed by atoms with E-state index in [0.717, 1.165) is 32.0 Å². The molecule has 0 aliphatic carbocycles. The Kier molecular flexibility index (Phi) is 4.08. The summed E-state index contributed by atoms with van der Waals surface area (Å²) in [5.41, 5.74) is 0.334. The average Bonchev–Trinajstić information content (AvgIpc) is 3.13. The summed E-state index contributed by atoms with van der Waals surface area (Å²) >= 11 is 0. The van der Waals surface area contributed by atoms with Crippen molar-refractivity contribution < 1.29 is 18.7 Å². The van der Waals surface area contributed by atoms with Crippen molar-refractivity contribution in [2.45, 2.75) is 30.8 Å². The predicted octanol–water partition coefficient (Wildman–Crippen LogP) is 2.77. The number of aromatic hydroxyl groups is 1. The van der Waals surface area contributed by atoms with Crippen LogP contribution in [-0.2, 0) is 0 Å². The van der Waals surface area contributed by atoms with Gasteiger partial charge in [-0.2, -0.15) is 0 Å². The molecular weight excluding hydrogens is 364 g/mol. The third-order valence-corrected chi connectivity index (χ3v) is 6.63. The van der Waals surface area contributed by atoms with Crippen LogP contribution in [0.2, 0.25) is 0 Å². The van der Waals surface area contributed by atoms with E-state index in [9.17, 15) is 18.7 Å². The van der Waals surface area contributed by atoms with Crippen LogP contribution in [0.1, 0.15) is 34.8 Å². The quantitative estimate of drug-likeness (QED) is 0.864. The smallest absolute Gasteiger partial charge is 0.276 e. The van der Waals surface area contributed by atoms with Crippen molar-refractivity contribution in [2.75, 3.05) is 19.6 Å². The van der Waals surface area contributed by atoms with Crippen LogP contribution in [0, 0.1) is 17.6 Å². The minimum absolute atomic E-state index is 0.0121. The number of benzene rings is 1. The predicted molar refractivity (Wildman–Crippen MR) is 97.9 cm³/mol. The number of amides is 1. The van der Waals surface area contributed by atoms with Crippen molar-refractivity contribution in [1.29, 1.82) is 0 Å². The van der Waals surface area contributed by atoms with Crippen LogP contribution in [0.4, 0.5) is 8.78 Å².